The first-order valence-electron chi connectivity index (χ1n) is 11.0. The van der Waals surface area contributed by atoms with E-state index in [0.717, 1.165) is 47.5 Å². The lowest BCUT2D eigenvalue weighted by molar-refractivity contribution is -0.132. The number of fused-ring (bicyclic) bond motifs is 1. The van der Waals surface area contributed by atoms with E-state index < -0.39 is 0 Å². The molecule has 1 fully saturated rings. The van der Waals surface area contributed by atoms with Crippen LogP contribution in [0.3, 0.4) is 0 Å². The standard InChI is InChI=1S/C25H29N3O4/c1-17-7-4-8-20-24(17)26-16-27(25(20)30)13-6-10-23(29)28-14-5-9-21(28)19-12-11-18(31-2)15-22(19)32-3/h4,7-8,11-12,15-16,21H,5-6,9-10,13-14H2,1-3H3/t21-/m1/s1. The predicted molar refractivity (Wildman–Crippen MR) is 123 cm³/mol. The Morgan fingerprint density at radius 3 is 2.81 bits per heavy atom. The van der Waals surface area contributed by atoms with Gasteiger partial charge in [-0.2, -0.15) is 0 Å². The fourth-order valence-corrected chi connectivity index (χ4v) is 4.52. The van der Waals surface area contributed by atoms with Gasteiger partial charge in [0.2, 0.25) is 5.91 Å². The van der Waals surface area contributed by atoms with Gasteiger partial charge in [-0.05, 0) is 49.9 Å². The number of para-hydroxylation sites is 1. The Morgan fingerprint density at radius 1 is 1.19 bits per heavy atom. The summed E-state index contributed by atoms with van der Waals surface area (Å²) < 4.78 is 12.5. The number of amides is 1. The number of aryl methyl sites for hydroxylation is 2. The number of nitrogens with zero attached hydrogens (tertiary/aromatic N) is 3. The lowest BCUT2D eigenvalue weighted by atomic mass is 10.0. The first-order chi connectivity index (χ1) is 15.5. The molecule has 0 unspecified atom stereocenters. The highest BCUT2D eigenvalue weighted by molar-refractivity contribution is 5.80. The monoisotopic (exact) mass is 435 g/mol. The van der Waals surface area contributed by atoms with Crippen molar-refractivity contribution < 1.29 is 14.3 Å². The molecule has 1 amide bonds. The highest BCUT2D eigenvalue weighted by Crippen LogP contribution is 2.39. The first-order valence-corrected chi connectivity index (χ1v) is 11.0. The maximum absolute atomic E-state index is 13.0. The highest BCUT2D eigenvalue weighted by Gasteiger charge is 2.31. The van der Waals surface area contributed by atoms with Gasteiger partial charge in [0.1, 0.15) is 11.5 Å². The van der Waals surface area contributed by atoms with Crippen molar-refractivity contribution in [2.24, 2.45) is 0 Å². The lowest BCUT2D eigenvalue weighted by Gasteiger charge is -2.26. The number of carbonyl (C=O) groups is 1. The van der Waals surface area contributed by atoms with Gasteiger partial charge in [0.15, 0.2) is 0 Å². The van der Waals surface area contributed by atoms with E-state index in [2.05, 4.69) is 4.98 Å². The fourth-order valence-electron chi connectivity index (χ4n) is 4.52. The molecule has 0 bridgehead atoms. The summed E-state index contributed by atoms with van der Waals surface area (Å²) in [5.74, 6) is 1.56. The largest absolute Gasteiger partial charge is 0.497 e. The Morgan fingerprint density at radius 2 is 2.03 bits per heavy atom. The van der Waals surface area contributed by atoms with Crippen LogP contribution >= 0.6 is 0 Å². The SMILES string of the molecule is COc1ccc([C@H]2CCCN2C(=O)CCCn2cnc3c(C)cccc3c2=O)c(OC)c1. The van der Waals surface area contributed by atoms with Crippen molar-refractivity contribution in [2.75, 3.05) is 20.8 Å². The average Bonchev–Trinajstić information content (AvgIpc) is 3.30. The number of aromatic nitrogens is 2. The summed E-state index contributed by atoms with van der Waals surface area (Å²) in [5, 5.41) is 0.616. The van der Waals surface area contributed by atoms with Gasteiger partial charge in [0, 0.05) is 31.1 Å². The van der Waals surface area contributed by atoms with E-state index in [-0.39, 0.29) is 17.5 Å². The average molecular weight is 436 g/mol. The molecule has 1 aliphatic heterocycles. The molecule has 168 valence electrons. The van der Waals surface area contributed by atoms with Crippen LogP contribution in [0, 0.1) is 6.92 Å². The number of hydrogen-bond donors (Lipinski definition) is 0. The third-order valence-corrected chi connectivity index (χ3v) is 6.22. The van der Waals surface area contributed by atoms with Gasteiger partial charge in [0.05, 0.1) is 37.5 Å². The summed E-state index contributed by atoms with van der Waals surface area (Å²) in [7, 11) is 3.26. The van der Waals surface area contributed by atoms with E-state index in [4.69, 9.17) is 9.47 Å². The van der Waals surface area contributed by atoms with Gasteiger partial charge in [-0.3, -0.25) is 14.2 Å². The summed E-state index contributed by atoms with van der Waals surface area (Å²) in [5.41, 5.74) is 2.66. The summed E-state index contributed by atoms with van der Waals surface area (Å²) >= 11 is 0. The number of likely N-dealkylation sites (tertiary alicyclic amines) is 1. The highest BCUT2D eigenvalue weighted by atomic mass is 16.5. The van der Waals surface area contributed by atoms with Crippen molar-refractivity contribution in [3.8, 4) is 11.5 Å². The second-order valence-electron chi connectivity index (χ2n) is 8.17. The Labute approximate surface area is 187 Å². The number of benzene rings is 2. The molecule has 1 aliphatic rings. The van der Waals surface area contributed by atoms with Crippen LogP contribution in [0.1, 0.15) is 42.9 Å². The topological polar surface area (TPSA) is 73.7 Å². The van der Waals surface area contributed by atoms with Crippen molar-refractivity contribution in [2.45, 2.75) is 45.2 Å². The zero-order chi connectivity index (χ0) is 22.7. The van der Waals surface area contributed by atoms with E-state index in [9.17, 15) is 9.59 Å². The van der Waals surface area contributed by atoms with E-state index in [1.807, 2.05) is 42.2 Å². The van der Waals surface area contributed by atoms with Gasteiger partial charge in [-0.25, -0.2) is 4.98 Å². The molecule has 0 spiro atoms. The summed E-state index contributed by atoms with van der Waals surface area (Å²) in [4.78, 5) is 32.2. The molecule has 1 atom stereocenters. The minimum Gasteiger partial charge on any atom is -0.497 e. The Kier molecular flexibility index (Phi) is 6.44. The molecule has 1 saturated heterocycles. The smallest absolute Gasteiger partial charge is 0.261 e. The quantitative estimate of drug-likeness (QED) is 0.563. The molecule has 3 aromatic rings. The molecular formula is C25H29N3O4. The van der Waals surface area contributed by atoms with Crippen LogP contribution < -0.4 is 15.0 Å². The maximum atomic E-state index is 13.0. The van der Waals surface area contributed by atoms with Gasteiger partial charge in [-0.1, -0.05) is 12.1 Å². The van der Waals surface area contributed by atoms with E-state index >= 15 is 0 Å². The van der Waals surface area contributed by atoms with Crippen LogP contribution in [0.15, 0.2) is 47.5 Å². The minimum atomic E-state index is -0.0619. The van der Waals surface area contributed by atoms with Gasteiger partial charge in [-0.15, -0.1) is 0 Å². The normalized spacial score (nSPS) is 15.8. The van der Waals surface area contributed by atoms with Crippen molar-refractivity contribution in [1.82, 2.24) is 14.5 Å². The Balaban J connectivity index is 1.44. The number of carbonyl (C=O) groups excluding carboxylic acids is 1. The van der Waals surface area contributed by atoms with Crippen molar-refractivity contribution >= 4 is 16.8 Å². The van der Waals surface area contributed by atoms with Crippen molar-refractivity contribution in [3.05, 3.63) is 64.2 Å². The third-order valence-electron chi connectivity index (χ3n) is 6.22. The molecule has 32 heavy (non-hydrogen) atoms. The molecule has 7 heteroatoms. The van der Waals surface area contributed by atoms with Crippen molar-refractivity contribution in [1.29, 1.82) is 0 Å². The second kappa shape index (κ2) is 9.42. The molecule has 0 aliphatic carbocycles. The number of hydrogen-bond acceptors (Lipinski definition) is 5. The lowest BCUT2D eigenvalue weighted by Crippen LogP contribution is -2.31. The summed E-state index contributed by atoms with van der Waals surface area (Å²) in [6.45, 7) is 3.14. The fraction of sp³-hybridized carbons (Fsp3) is 0.400. The van der Waals surface area contributed by atoms with Gasteiger partial charge < -0.3 is 14.4 Å². The van der Waals surface area contributed by atoms with Crippen LogP contribution in [0.2, 0.25) is 0 Å². The van der Waals surface area contributed by atoms with Crippen LogP contribution in [-0.4, -0.2) is 41.1 Å². The zero-order valence-electron chi connectivity index (χ0n) is 18.8. The van der Waals surface area contributed by atoms with E-state index in [1.54, 1.807) is 31.2 Å². The number of methoxy groups -OCH3 is 2. The summed E-state index contributed by atoms with van der Waals surface area (Å²) in [6.07, 6.45) is 4.41. The van der Waals surface area contributed by atoms with Crippen LogP contribution in [-0.2, 0) is 11.3 Å². The van der Waals surface area contributed by atoms with E-state index in [0.29, 0.717) is 24.8 Å². The number of rotatable bonds is 7. The van der Waals surface area contributed by atoms with Gasteiger partial charge >= 0.3 is 0 Å². The molecule has 0 saturated carbocycles. The zero-order valence-corrected chi connectivity index (χ0v) is 18.8. The maximum Gasteiger partial charge on any atom is 0.261 e. The minimum absolute atomic E-state index is 0.00334. The first kappa shape index (κ1) is 21.9. The van der Waals surface area contributed by atoms with Crippen molar-refractivity contribution in [3.63, 3.8) is 0 Å². The number of ether oxygens (including phenoxy) is 2. The molecular weight excluding hydrogens is 406 g/mol. The molecule has 4 rings (SSSR count). The summed E-state index contributed by atoms with van der Waals surface area (Å²) in [6, 6.07) is 11.4. The molecule has 7 nitrogen and oxygen atoms in total. The van der Waals surface area contributed by atoms with Crippen LogP contribution in [0.4, 0.5) is 0 Å². The molecule has 2 heterocycles. The third kappa shape index (κ3) is 4.20. The van der Waals surface area contributed by atoms with Crippen LogP contribution in [0.5, 0.6) is 11.5 Å². The predicted octanol–water partition coefficient (Wildman–Crippen LogP) is 3.87. The molecule has 1 aromatic heterocycles. The molecule has 0 radical (unpaired) electrons. The Hall–Kier alpha value is -3.35. The van der Waals surface area contributed by atoms with Gasteiger partial charge in [0.25, 0.3) is 5.56 Å². The van der Waals surface area contributed by atoms with Crippen LogP contribution in [0.25, 0.3) is 10.9 Å². The molecule has 2 aromatic carbocycles. The second-order valence-corrected chi connectivity index (χ2v) is 8.17. The Bertz CT molecular complexity index is 1190. The molecule has 0 N–H and O–H groups in total. The van der Waals surface area contributed by atoms with E-state index in [1.165, 1.54) is 0 Å².